The molecule has 136 valence electrons. The molecule has 10 atom stereocenters. The monoisotopic (exact) mass is 360 g/mol. The average Bonchev–Trinajstić information content (AvgIpc) is 2.54. The van der Waals surface area contributed by atoms with E-state index >= 15 is 0 Å². The van der Waals surface area contributed by atoms with Gasteiger partial charge in [-0.15, -0.1) is 11.8 Å². The highest BCUT2D eigenvalue weighted by Gasteiger charge is 2.50. The fourth-order valence-corrected chi connectivity index (χ4v) is 4.00. The molecule has 0 saturated carbocycles. The van der Waals surface area contributed by atoms with Crippen molar-refractivity contribution in [1.82, 2.24) is 0 Å². The van der Waals surface area contributed by atoms with E-state index < -0.39 is 73.0 Å². The zero-order chi connectivity index (χ0) is 17.3. The maximum absolute atomic E-state index is 13.6. The largest absolute Gasteiger partial charge is 0.394 e. The number of hydrogen-bond donors (Lipinski definition) is 7. The summed E-state index contributed by atoms with van der Waals surface area (Å²) in [6, 6.07) is 0. The summed E-state index contributed by atoms with van der Waals surface area (Å²) >= 11 is 0.628. The van der Waals surface area contributed by atoms with Gasteiger partial charge < -0.3 is 45.2 Å². The molecule has 7 N–H and O–H groups in total. The van der Waals surface area contributed by atoms with Gasteiger partial charge in [-0.1, -0.05) is 0 Å². The molecule has 0 unspecified atom stereocenters. The first-order valence-electron chi connectivity index (χ1n) is 7.04. The summed E-state index contributed by atoms with van der Waals surface area (Å²) in [7, 11) is 0. The molecule has 2 rings (SSSR count). The molecule has 2 saturated heterocycles. The number of halogens is 1. The Balaban J connectivity index is 2.11. The lowest BCUT2D eigenvalue weighted by atomic mass is 10.0. The number of hydrogen-bond acceptors (Lipinski definition) is 10. The first-order valence-corrected chi connectivity index (χ1v) is 7.98. The predicted molar refractivity (Wildman–Crippen MR) is 74.0 cm³/mol. The van der Waals surface area contributed by atoms with Crippen molar-refractivity contribution in [2.75, 3.05) is 13.2 Å². The Labute approximate surface area is 135 Å². The van der Waals surface area contributed by atoms with Crippen LogP contribution in [0.1, 0.15) is 0 Å². The fraction of sp³-hybridized carbons (Fsp3) is 1.00. The van der Waals surface area contributed by atoms with Crippen molar-refractivity contribution in [3.63, 3.8) is 0 Å². The van der Waals surface area contributed by atoms with E-state index in [1.165, 1.54) is 0 Å². The highest BCUT2D eigenvalue weighted by atomic mass is 32.2. The molecule has 9 nitrogen and oxygen atoms in total. The van der Waals surface area contributed by atoms with E-state index in [0.29, 0.717) is 11.8 Å². The Bertz CT molecular complexity index is 390. The zero-order valence-corrected chi connectivity index (χ0v) is 12.7. The van der Waals surface area contributed by atoms with Gasteiger partial charge in [-0.3, -0.25) is 0 Å². The minimum atomic E-state index is -2.15. The standard InChI is InChI=1S/C12H21FO9S/c13-11-9(20)10(6(17)4(2-15)21-11)23-12-8(19)7(18)5(16)3(1-14)22-12/h3-12,14-20H,1-2H2/t3-,4-,5-,6-,7+,8-,9-,10+,11+,12+/m1/s1. The fourth-order valence-electron chi connectivity index (χ4n) is 2.54. The first kappa shape index (κ1) is 19.2. The molecule has 0 aromatic heterocycles. The lowest BCUT2D eigenvalue weighted by molar-refractivity contribution is -0.221. The predicted octanol–water partition coefficient (Wildman–Crippen LogP) is -3.70. The summed E-state index contributed by atoms with van der Waals surface area (Å²) in [6.07, 6.45) is -12.6. The van der Waals surface area contributed by atoms with Crippen LogP contribution in [0.5, 0.6) is 0 Å². The molecule has 0 aromatic rings. The minimum Gasteiger partial charge on any atom is -0.394 e. The van der Waals surface area contributed by atoms with Crippen LogP contribution in [0.2, 0.25) is 0 Å². The van der Waals surface area contributed by atoms with Crippen LogP contribution in [0.4, 0.5) is 4.39 Å². The number of rotatable bonds is 4. The van der Waals surface area contributed by atoms with Crippen molar-refractivity contribution in [2.45, 2.75) is 59.8 Å². The maximum Gasteiger partial charge on any atom is 0.226 e. The van der Waals surface area contributed by atoms with E-state index in [1.807, 2.05) is 0 Å². The van der Waals surface area contributed by atoms with Gasteiger partial charge in [-0.2, -0.15) is 0 Å². The van der Waals surface area contributed by atoms with E-state index in [0.717, 1.165) is 0 Å². The number of alkyl halides is 1. The molecule has 2 aliphatic heterocycles. The van der Waals surface area contributed by atoms with Crippen molar-refractivity contribution in [1.29, 1.82) is 0 Å². The van der Waals surface area contributed by atoms with Gasteiger partial charge in [0.15, 0.2) is 0 Å². The molecule has 2 fully saturated rings. The summed E-state index contributed by atoms with van der Waals surface area (Å²) in [6.45, 7) is -1.31. The van der Waals surface area contributed by atoms with Crippen LogP contribution in [0, 0.1) is 0 Å². The Morgan fingerprint density at radius 3 is 1.87 bits per heavy atom. The molecular formula is C12H21FO9S. The maximum atomic E-state index is 13.6. The van der Waals surface area contributed by atoms with Gasteiger partial charge in [-0.05, 0) is 0 Å². The Morgan fingerprint density at radius 1 is 0.739 bits per heavy atom. The topological polar surface area (TPSA) is 160 Å². The van der Waals surface area contributed by atoms with Gasteiger partial charge >= 0.3 is 0 Å². The second-order valence-electron chi connectivity index (χ2n) is 5.49. The molecule has 0 aromatic carbocycles. The quantitative estimate of drug-likeness (QED) is 0.266. The van der Waals surface area contributed by atoms with Crippen LogP contribution in [0.3, 0.4) is 0 Å². The number of aliphatic hydroxyl groups excluding tert-OH is 7. The molecule has 0 aliphatic carbocycles. The third kappa shape index (κ3) is 3.79. The van der Waals surface area contributed by atoms with E-state index in [-0.39, 0.29) is 0 Å². The molecule has 0 amide bonds. The van der Waals surface area contributed by atoms with Crippen molar-refractivity contribution in [2.24, 2.45) is 0 Å². The zero-order valence-electron chi connectivity index (χ0n) is 11.9. The van der Waals surface area contributed by atoms with E-state index in [9.17, 15) is 29.9 Å². The Morgan fingerprint density at radius 2 is 1.30 bits per heavy atom. The molecule has 0 bridgehead atoms. The third-order valence-corrected chi connectivity index (χ3v) is 5.48. The molecule has 23 heavy (non-hydrogen) atoms. The van der Waals surface area contributed by atoms with Crippen LogP contribution in [0.15, 0.2) is 0 Å². The molecular weight excluding hydrogens is 339 g/mol. The van der Waals surface area contributed by atoms with Crippen LogP contribution >= 0.6 is 11.8 Å². The summed E-state index contributed by atoms with van der Waals surface area (Å²) in [5.74, 6) is 0. The van der Waals surface area contributed by atoms with Crippen molar-refractivity contribution in [3.8, 4) is 0 Å². The van der Waals surface area contributed by atoms with Gasteiger partial charge in [0, 0.05) is 0 Å². The van der Waals surface area contributed by atoms with E-state index in [4.69, 9.17) is 14.9 Å². The second-order valence-corrected chi connectivity index (χ2v) is 6.77. The molecule has 0 radical (unpaired) electrons. The Kier molecular flexibility index (Phi) is 6.58. The molecule has 11 heteroatoms. The second kappa shape index (κ2) is 7.87. The highest BCUT2D eigenvalue weighted by Crippen LogP contribution is 2.37. The van der Waals surface area contributed by atoms with E-state index in [2.05, 4.69) is 4.74 Å². The SMILES string of the molecule is OC[C@H]1O[C@@H](S[C@@H]2[C@@H](O)[C@@H](F)O[C@H](CO)[C@H]2O)[C@H](O)[C@@H](O)[C@@H]1O. The van der Waals surface area contributed by atoms with Gasteiger partial charge in [0.2, 0.25) is 6.36 Å². The molecule has 2 aliphatic rings. The smallest absolute Gasteiger partial charge is 0.226 e. The summed E-state index contributed by atoms with van der Waals surface area (Å²) in [5, 5.41) is 66.2. The van der Waals surface area contributed by atoms with Gasteiger partial charge in [0.25, 0.3) is 0 Å². The summed E-state index contributed by atoms with van der Waals surface area (Å²) in [5.41, 5.74) is -1.25. The molecule has 0 spiro atoms. The lowest BCUT2D eigenvalue weighted by Gasteiger charge is -2.44. The molecule has 2 heterocycles. The van der Waals surface area contributed by atoms with Crippen molar-refractivity contribution < 1.29 is 49.6 Å². The summed E-state index contributed by atoms with van der Waals surface area (Å²) in [4.78, 5) is 0. The average molecular weight is 360 g/mol. The van der Waals surface area contributed by atoms with Crippen LogP contribution < -0.4 is 0 Å². The highest BCUT2D eigenvalue weighted by molar-refractivity contribution is 8.00. The van der Waals surface area contributed by atoms with Crippen LogP contribution in [-0.2, 0) is 9.47 Å². The van der Waals surface area contributed by atoms with Gasteiger partial charge in [0.05, 0.1) is 24.6 Å². The Hall–Kier alpha value is -0.0800. The normalized spacial score (nSPS) is 51.7. The van der Waals surface area contributed by atoms with Crippen LogP contribution in [0.25, 0.3) is 0 Å². The van der Waals surface area contributed by atoms with E-state index in [1.54, 1.807) is 0 Å². The number of ether oxygens (including phenoxy) is 2. The van der Waals surface area contributed by atoms with Gasteiger partial charge in [0.1, 0.15) is 42.1 Å². The number of thioether (sulfide) groups is 1. The summed E-state index contributed by atoms with van der Waals surface area (Å²) < 4.78 is 23.5. The van der Waals surface area contributed by atoms with Gasteiger partial charge in [-0.25, -0.2) is 4.39 Å². The van der Waals surface area contributed by atoms with Crippen molar-refractivity contribution in [3.05, 3.63) is 0 Å². The third-order valence-electron chi connectivity index (χ3n) is 3.95. The minimum absolute atomic E-state index is 0.628. The number of aliphatic hydroxyl groups is 7. The van der Waals surface area contributed by atoms with Crippen LogP contribution in [-0.4, -0.2) is 109 Å². The van der Waals surface area contributed by atoms with Crippen molar-refractivity contribution >= 4 is 11.8 Å². The lowest BCUT2D eigenvalue weighted by Crippen LogP contribution is -2.60. The first-order chi connectivity index (χ1) is 10.8.